The van der Waals surface area contributed by atoms with Gasteiger partial charge in [-0.2, -0.15) is 0 Å². The molecule has 0 fully saturated rings. The van der Waals surface area contributed by atoms with Gasteiger partial charge in [-0.15, -0.1) is 5.10 Å². The molecule has 0 atom stereocenters. The molecule has 0 saturated carbocycles. The van der Waals surface area contributed by atoms with E-state index in [2.05, 4.69) is 28.2 Å². The van der Waals surface area contributed by atoms with E-state index < -0.39 is 0 Å². The van der Waals surface area contributed by atoms with Gasteiger partial charge in [-0.25, -0.2) is 4.98 Å². The van der Waals surface area contributed by atoms with Crippen LogP contribution in [-0.2, 0) is 0 Å². The van der Waals surface area contributed by atoms with Crippen LogP contribution in [0.3, 0.4) is 0 Å². The number of nitrogens with zero attached hydrogens (tertiary/aromatic N) is 2. The summed E-state index contributed by atoms with van der Waals surface area (Å²) in [6, 6.07) is 7.81. The molecule has 0 aliphatic rings. The molecule has 0 spiro atoms. The van der Waals surface area contributed by atoms with E-state index in [0.717, 1.165) is 28.2 Å². The van der Waals surface area contributed by atoms with Gasteiger partial charge in [-0.3, -0.25) is 9.89 Å². The smallest absolute Gasteiger partial charge is 0.209 e. The molecule has 134 valence electrons. The number of furan rings is 1. The summed E-state index contributed by atoms with van der Waals surface area (Å²) in [5.41, 5.74) is 4.10. The summed E-state index contributed by atoms with van der Waals surface area (Å²) in [5.74, 6) is 2.63. The quantitative estimate of drug-likeness (QED) is 0.501. The lowest BCUT2D eigenvalue weighted by Gasteiger charge is -2.08. The van der Waals surface area contributed by atoms with Crippen molar-refractivity contribution in [1.82, 2.24) is 15.2 Å². The summed E-state index contributed by atoms with van der Waals surface area (Å²) in [6.45, 7) is 7.94. The third-order valence-corrected chi connectivity index (χ3v) is 4.97. The van der Waals surface area contributed by atoms with E-state index in [9.17, 15) is 4.79 Å². The zero-order chi connectivity index (χ0) is 18.7. The number of hydrogen-bond acceptors (Lipinski definition) is 5. The van der Waals surface area contributed by atoms with Crippen LogP contribution in [0.1, 0.15) is 44.4 Å². The van der Waals surface area contributed by atoms with Gasteiger partial charge in [0.1, 0.15) is 17.3 Å². The summed E-state index contributed by atoms with van der Waals surface area (Å²) < 4.78 is 5.47. The molecule has 3 aromatic rings. The highest BCUT2D eigenvalue weighted by molar-refractivity contribution is 7.99. The normalized spacial score (nSPS) is 11.4. The van der Waals surface area contributed by atoms with Crippen LogP contribution < -0.4 is 0 Å². The number of Topliss-reactive ketones (excluding diaryl/α,β-unsaturated/α-hetero) is 1. The maximum atomic E-state index is 12.5. The maximum absolute atomic E-state index is 12.5. The lowest BCUT2D eigenvalue weighted by Crippen LogP contribution is -2.06. The first-order valence-electron chi connectivity index (χ1n) is 8.33. The van der Waals surface area contributed by atoms with Gasteiger partial charge < -0.3 is 4.42 Å². The first kappa shape index (κ1) is 18.2. The van der Waals surface area contributed by atoms with E-state index in [1.807, 2.05) is 45.0 Å². The predicted molar refractivity (Wildman–Crippen MR) is 104 cm³/mol. The summed E-state index contributed by atoms with van der Waals surface area (Å²) in [6.07, 6.45) is 3.62. The van der Waals surface area contributed by atoms with Crippen molar-refractivity contribution in [2.75, 3.05) is 5.75 Å². The Morgan fingerprint density at radius 3 is 2.62 bits per heavy atom. The standard InChI is InChI=1S/C20H21N3O2S/c1-12-9-14(3)17(10-13(12)2)18(24)11-26-20-21-19(22-23-20)8-7-16-6-5-15(4)25-16/h5-10H,11H2,1-4H3,(H,21,22,23). The monoisotopic (exact) mass is 367 g/mol. The third-order valence-electron chi connectivity index (χ3n) is 4.12. The molecule has 0 bridgehead atoms. The number of aryl methyl sites for hydroxylation is 4. The predicted octanol–water partition coefficient (Wildman–Crippen LogP) is 4.78. The zero-order valence-corrected chi connectivity index (χ0v) is 16.1. The van der Waals surface area contributed by atoms with Gasteiger partial charge in [0.25, 0.3) is 0 Å². The molecule has 1 N–H and O–H groups in total. The molecule has 5 nitrogen and oxygen atoms in total. The number of ketones is 1. The van der Waals surface area contributed by atoms with Gasteiger partial charge in [-0.1, -0.05) is 17.8 Å². The Bertz CT molecular complexity index is 969. The number of benzene rings is 1. The second-order valence-electron chi connectivity index (χ2n) is 6.25. The number of nitrogens with one attached hydrogen (secondary N) is 1. The van der Waals surface area contributed by atoms with Crippen LogP contribution in [0.25, 0.3) is 12.2 Å². The fourth-order valence-electron chi connectivity index (χ4n) is 2.57. The topological polar surface area (TPSA) is 71.8 Å². The van der Waals surface area contributed by atoms with Crippen LogP contribution >= 0.6 is 11.8 Å². The van der Waals surface area contributed by atoms with Gasteiger partial charge in [0, 0.05) is 5.56 Å². The van der Waals surface area contributed by atoms with E-state index in [4.69, 9.17) is 4.42 Å². The number of aromatic amines is 1. The Labute approximate surface area is 156 Å². The number of aromatic nitrogens is 3. The number of H-pyrrole nitrogens is 1. The SMILES string of the molecule is Cc1ccc(C=Cc2nc(SCC(=O)c3cc(C)c(C)cc3C)n[nH]2)o1. The Morgan fingerprint density at radius 2 is 1.88 bits per heavy atom. The molecule has 0 amide bonds. The minimum atomic E-state index is 0.0866. The van der Waals surface area contributed by atoms with Crippen molar-refractivity contribution in [1.29, 1.82) is 0 Å². The van der Waals surface area contributed by atoms with Crippen LogP contribution in [0.5, 0.6) is 0 Å². The summed E-state index contributed by atoms with van der Waals surface area (Å²) in [5, 5.41) is 7.55. The first-order valence-corrected chi connectivity index (χ1v) is 9.31. The highest BCUT2D eigenvalue weighted by Gasteiger charge is 2.13. The molecule has 0 unspecified atom stereocenters. The number of thioether (sulfide) groups is 1. The largest absolute Gasteiger partial charge is 0.462 e. The van der Waals surface area contributed by atoms with Crippen molar-refractivity contribution in [2.24, 2.45) is 0 Å². The Morgan fingerprint density at radius 1 is 1.12 bits per heavy atom. The average Bonchev–Trinajstić information content (AvgIpc) is 3.23. The minimum absolute atomic E-state index is 0.0866. The number of carbonyl (C=O) groups excluding carboxylic acids is 1. The fraction of sp³-hybridized carbons (Fsp3) is 0.250. The molecule has 0 radical (unpaired) electrons. The molecule has 2 aromatic heterocycles. The van der Waals surface area contributed by atoms with Crippen LogP contribution in [0, 0.1) is 27.7 Å². The van der Waals surface area contributed by atoms with Gasteiger partial charge in [0.2, 0.25) is 5.16 Å². The van der Waals surface area contributed by atoms with Gasteiger partial charge in [0.15, 0.2) is 5.78 Å². The van der Waals surface area contributed by atoms with Crippen molar-refractivity contribution in [3.8, 4) is 0 Å². The molecular weight excluding hydrogens is 346 g/mol. The van der Waals surface area contributed by atoms with Crippen molar-refractivity contribution in [3.05, 3.63) is 63.9 Å². The lowest BCUT2D eigenvalue weighted by molar-refractivity contribution is 0.102. The average molecular weight is 367 g/mol. The van der Waals surface area contributed by atoms with E-state index in [-0.39, 0.29) is 5.78 Å². The highest BCUT2D eigenvalue weighted by Crippen LogP contribution is 2.20. The summed E-state index contributed by atoms with van der Waals surface area (Å²) in [7, 11) is 0. The third kappa shape index (κ3) is 4.32. The second kappa shape index (κ2) is 7.74. The minimum Gasteiger partial charge on any atom is -0.462 e. The van der Waals surface area contributed by atoms with E-state index in [1.54, 1.807) is 6.08 Å². The van der Waals surface area contributed by atoms with E-state index in [0.29, 0.717) is 16.7 Å². The van der Waals surface area contributed by atoms with Crippen LogP contribution in [0.2, 0.25) is 0 Å². The molecule has 3 rings (SSSR count). The van der Waals surface area contributed by atoms with Crippen molar-refractivity contribution >= 4 is 29.7 Å². The van der Waals surface area contributed by atoms with Gasteiger partial charge in [-0.05, 0) is 74.7 Å². The van der Waals surface area contributed by atoms with Crippen LogP contribution in [-0.4, -0.2) is 26.7 Å². The fourth-order valence-corrected chi connectivity index (χ4v) is 3.26. The molecule has 0 aliphatic heterocycles. The Kier molecular flexibility index (Phi) is 5.42. The van der Waals surface area contributed by atoms with E-state index >= 15 is 0 Å². The van der Waals surface area contributed by atoms with Crippen molar-refractivity contribution < 1.29 is 9.21 Å². The van der Waals surface area contributed by atoms with Crippen LogP contribution in [0.4, 0.5) is 0 Å². The molecule has 26 heavy (non-hydrogen) atoms. The second-order valence-corrected chi connectivity index (χ2v) is 7.19. The van der Waals surface area contributed by atoms with Gasteiger partial charge >= 0.3 is 0 Å². The molecule has 0 aliphatic carbocycles. The number of rotatable bonds is 6. The first-order chi connectivity index (χ1) is 12.4. The molecule has 6 heteroatoms. The molecule has 2 heterocycles. The highest BCUT2D eigenvalue weighted by atomic mass is 32.2. The lowest BCUT2D eigenvalue weighted by atomic mass is 9.99. The van der Waals surface area contributed by atoms with Gasteiger partial charge in [0.05, 0.1) is 5.75 Å². The number of carbonyl (C=O) groups is 1. The van der Waals surface area contributed by atoms with Crippen molar-refractivity contribution in [3.63, 3.8) is 0 Å². The molecular formula is C20H21N3O2S. The van der Waals surface area contributed by atoms with Crippen molar-refractivity contribution in [2.45, 2.75) is 32.9 Å². The molecule has 1 aromatic carbocycles. The summed E-state index contributed by atoms with van der Waals surface area (Å²) >= 11 is 1.33. The Hall–Kier alpha value is -2.60. The zero-order valence-electron chi connectivity index (χ0n) is 15.3. The Balaban J connectivity index is 1.62. The maximum Gasteiger partial charge on any atom is 0.209 e. The van der Waals surface area contributed by atoms with E-state index in [1.165, 1.54) is 17.3 Å². The van der Waals surface area contributed by atoms with Crippen LogP contribution in [0.15, 0.2) is 33.8 Å². The molecule has 0 saturated heterocycles. The number of hydrogen-bond donors (Lipinski definition) is 1. The summed E-state index contributed by atoms with van der Waals surface area (Å²) in [4.78, 5) is 16.9.